The molecular weight excluding hydrogens is 221 g/mol. The minimum absolute atomic E-state index is 0.115. The molecule has 0 aromatic heterocycles. The predicted octanol–water partition coefficient (Wildman–Crippen LogP) is 3.02. The zero-order valence-electron chi connectivity index (χ0n) is 9.58. The average Bonchev–Trinajstić information content (AvgIpc) is 2.21. The van der Waals surface area contributed by atoms with E-state index in [1.54, 1.807) is 12.1 Å². The summed E-state index contributed by atoms with van der Waals surface area (Å²) in [5.74, 6) is 1.61. The quantitative estimate of drug-likeness (QED) is 0.793. The zero-order valence-corrected chi connectivity index (χ0v) is 10.4. The molecule has 0 aliphatic heterocycles. The van der Waals surface area contributed by atoms with Crippen molar-refractivity contribution in [3.63, 3.8) is 0 Å². The molecule has 0 saturated heterocycles. The molecule has 1 aliphatic carbocycles. The van der Waals surface area contributed by atoms with Crippen LogP contribution in [0.25, 0.3) is 0 Å². The molecule has 0 amide bonds. The maximum Gasteiger partial charge on any atom is 0.123 e. The number of halogens is 1. The van der Waals surface area contributed by atoms with E-state index in [4.69, 9.17) is 0 Å². The Bertz CT molecular complexity index is 336. The largest absolute Gasteiger partial charge is 0.313 e. The molecule has 0 bridgehead atoms. The van der Waals surface area contributed by atoms with Gasteiger partial charge in [-0.2, -0.15) is 11.8 Å². The molecule has 1 aliphatic rings. The highest BCUT2D eigenvalue weighted by Gasteiger charge is 2.29. The standard InChI is InChI=1S/C13H18FNS/c1-16-6-5-15-13-8-11(9-13)10-3-2-4-12(14)7-10/h2-4,7,11,13,15H,5-6,8-9H2,1H3. The fourth-order valence-electron chi connectivity index (χ4n) is 2.18. The SMILES string of the molecule is CSCCNC1CC(c2cccc(F)c2)C1. The first-order valence-electron chi connectivity index (χ1n) is 5.77. The Morgan fingerprint density at radius 1 is 1.44 bits per heavy atom. The van der Waals surface area contributed by atoms with Crippen LogP contribution in [0.15, 0.2) is 24.3 Å². The molecule has 0 atom stereocenters. The van der Waals surface area contributed by atoms with E-state index in [0.717, 1.165) is 24.9 Å². The molecule has 0 unspecified atom stereocenters. The minimum Gasteiger partial charge on any atom is -0.313 e. The van der Waals surface area contributed by atoms with E-state index >= 15 is 0 Å². The van der Waals surface area contributed by atoms with Gasteiger partial charge >= 0.3 is 0 Å². The summed E-state index contributed by atoms with van der Waals surface area (Å²) < 4.78 is 13.0. The van der Waals surface area contributed by atoms with E-state index in [1.165, 1.54) is 11.8 Å². The van der Waals surface area contributed by atoms with Gasteiger partial charge < -0.3 is 5.32 Å². The smallest absolute Gasteiger partial charge is 0.123 e. The van der Waals surface area contributed by atoms with Crippen molar-refractivity contribution in [2.24, 2.45) is 0 Å². The Balaban J connectivity index is 1.75. The molecule has 16 heavy (non-hydrogen) atoms. The highest BCUT2D eigenvalue weighted by atomic mass is 32.2. The lowest BCUT2D eigenvalue weighted by Crippen LogP contribution is -2.41. The lowest BCUT2D eigenvalue weighted by molar-refractivity contribution is 0.296. The molecule has 1 nitrogen and oxygen atoms in total. The Morgan fingerprint density at radius 3 is 2.94 bits per heavy atom. The first-order valence-corrected chi connectivity index (χ1v) is 7.17. The molecule has 2 rings (SSSR count). The second kappa shape index (κ2) is 5.69. The van der Waals surface area contributed by atoms with E-state index in [-0.39, 0.29) is 5.82 Å². The summed E-state index contributed by atoms with van der Waals surface area (Å²) in [6, 6.07) is 7.66. The first kappa shape index (κ1) is 11.9. The summed E-state index contributed by atoms with van der Waals surface area (Å²) in [5, 5.41) is 3.52. The molecule has 0 spiro atoms. The van der Waals surface area contributed by atoms with Crippen molar-refractivity contribution in [1.82, 2.24) is 5.32 Å². The number of hydrogen-bond donors (Lipinski definition) is 1. The van der Waals surface area contributed by atoms with Crippen molar-refractivity contribution in [3.8, 4) is 0 Å². The van der Waals surface area contributed by atoms with E-state index in [2.05, 4.69) is 11.6 Å². The van der Waals surface area contributed by atoms with Gasteiger partial charge in [0.2, 0.25) is 0 Å². The zero-order chi connectivity index (χ0) is 11.4. The van der Waals surface area contributed by atoms with E-state index in [1.807, 2.05) is 17.8 Å². The molecule has 3 heteroatoms. The number of nitrogens with one attached hydrogen (secondary N) is 1. The van der Waals surface area contributed by atoms with Gasteiger partial charge in [0.1, 0.15) is 5.82 Å². The van der Waals surface area contributed by atoms with Gasteiger partial charge in [-0.25, -0.2) is 4.39 Å². The fourth-order valence-corrected chi connectivity index (χ4v) is 2.50. The van der Waals surface area contributed by atoms with Gasteiger partial charge in [-0.05, 0) is 42.7 Å². The third-order valence-electron chi connectivity index (χ3n) is 3.20. The van der Waals surface area contributed by atoms with Crippen LogP contribution in [0.1, 0.15) is 24.3 Å². The number of hydrogen-bond acceptors (Lipinski definition) is 2. The van der Waals surface area contributed by atoms with Gasteiger partial charge in [0.05, 0.1) is 0 Å². The topological polar surface area (TPSA) is 12.0 Å². The minimum atomic E-state index is -0.115. The van der Waals surface area contributed by atoms with Crippen molar-refractivity contribution in [2.75, 3.05) is 18.6 Å². The number of thioether (sulfide) groups is 1. The van der Waals surface area contributed by atoms with E-state index in [0.29, 0.717) is 12.0 Å². The summed E-state index contributed by atoms with van der Waals surface area (Å²) >= 11 is 1.87. The lowest BCUT2D eigenvalue weighted by Gasteiger charge is -2.36. The summed E-state index contributed by atoms with van der Waals surface area (Å²) in [5.41, 5.74) is 1.16. The third kappa shape index (κ3) is 2.98. The van der Waals surface area contributed by atoms with Crippen molar-refractivity contribution >= 4 is 11.8 Å². The van der Waals surface area contributed by atoms with Crippen LogP contribution >= 0.6 is 11.8 Å². The summed E-state index contributed by atoms with van der Waals surface area (Å²) in [4.78, 5) is 0. The molecule has 0 heterocycles. The Morgan fingerprint density at radius 2 is 2.25 bits per heavy atom. The Hall–Kier alpha value is -0.540. The van der Waals surface area contributed by atoms with Crippen molar-refractivity contribution in [2.45, 2.75) is 24.8 Å². The van der Waals surface area contributed by atoms with Crippen LogP contribution in [0.3, 0.4) is 0 Å². The third-order valence-corrected chi connectivity index (χ3v) is 3.81. The van der Waals surface area contributed by atoms with Crippen LogP contribution in [0.2, 0.25) is 0 Å². The monoisotopic (exact) mass is 239 g/mol. The molecule has 1 aromatic carbocycles. The number of benzene rings is 1. The van der Waals surface area contributed by atoms with Gasteiger partial charge in [-0.1, -0.05) is 12.1 Å². The van der Waals surface area contributed by atoms with Crippen molar-refractivity contribution in [1.29, 1.82) is 0 Å². The Labute approximate surface area is 101 Å². The molecule has 1 fully saturated rings. The van der Waals surface area contributed by atoms with Gasteiger partial charge in [0, 0.05) is 18.3 Å². The van der Waals surface area contributed by atoms with Crippen LogP contribution in [0.5, 0.6) is 0 Å². The maximum absolute atomic E-state index is 13.0. The molecule has 1 N–H and O–H groups in total. The summed E-state index contributed by atoms with van der Waals surface area (Å²) in [6.45, 7) is 1.09. The summed E-state index contributed by atoms with van der Waals surface area (Å²) in [6.07, 6.45) is 4.42. The maximum atomic E-state index is 13.0. The van der Waals surface area contributed by atoms with Crippen molar-refractivity contribution in [3.05, 3.63) is 35.6 Å². The van der Waals surface area contributed by atoms with Crippen LogP contribution < -0.4 is 5.32 Å². The normalized spacial score (nSPS) is 24.1. The predicted molar refractivity (Wildman–Crippen MR) is 68.5 cm³/mol. The lowest BCUT2D eigenvalue weighted by atomic mass is 9.76. The van der Waals surface area contributed by atoms with Crippen LogP contribution in [-0.4, -0.2) is 24.6 Å². The second-order valence-electron chi connectivity index (χ2n) is 4.37. The van der Waals surface area contributed by atoms with Gasteiger partial charge in [-0.3, -0.25) is 0 Å². The van der Waals surface area contributed by atoms with Gasteiger partial charge in [0.15, 0.2) is 0 Å². The van der Waals surface area contributed by atoms with E-state index < -0.39 is 0 Å². The van der Waals surface area contributed by atoms with Crippen LogP contribution in [0, 0.1) is 5.82 Å². The van der Waals surface area contributed by atoms with Crippen LogP contribution in [-0.2, 0) is 0 Å². The number of rotatable bonds is 5. The highest BCUT2D eigenvalue weighted by molar-refractivity contribution is 7.98. The highest BCUT2D eigenvalue weighted by Crippen LogP contribution is 2.36. The molecule has 0 radical (unpaired) electrons. The van der Waals surface area contributed by atoms with Crippen LogP contribution in [0.4, 0.5) is 4.39 Å². The molecule has 88 valence electrons. The molecule has 1 aromatic rings. The Kier molecular flexibility index (Phi) is 4.24. The molecular formula is C13H18FNS. The van der Waals surface area contributed by atoms with Crippen molar-refractivity contribution < 1.29 is 4.39 Å². The first-order chi connectivity index (χ1) is 7.79. The average molecular weight is 239 g/mol. The van der Waals surface area contributed by atoms with Gasteiger partial charge in [0.25, 0.3) is 0 Å². The van der Waals surface area contributed by atoms with E-state index in [9.17, 15) is 4.39 Å². The summed E-state index contributed by atoms with van der Waals surface area (Å²) in [7, 11) is 0. The second-order valence-corrected chi connectivity index (χ2v) is 5.35. The molecule has 1 saturated carbocycles. The fraction of sp³-hybridized carbons (Fsp3) is 0.538. The van der Waals surface area contributed by atoms with Gasteiger partial charge in [-0.15, -0.1) is 0 Å².